The molecule has 3 aromatic rings. The van der Waals surface area contributed by atoms with Crippen molar-refractivity contribution in [1.82, 2.24) is 14.5 Å². The lowest BCUT2D eigenvalue weighted by molar-refractivity contribution is 0.0689. The molecule has 6 nitrogen and oxygen atoms in total. The van der Waals surface area contributed by atoms with Crippen molar-refractivity contribution in [2.45, 2.75) is 6.54 Å². The van der Waals surface area contributed by atoms with E-state index in [1.165, 1.54) is 6.33 Å². The summed E-state index contributed by atoms with van der Waals surface area (Å²) in [6.07, 6.45) is 3.25. The first kappa shape index (κ1) is 13.4. The number of aromatic nitrogens is 3. The Morgan fingerprint density at radius 1 is 1.09 bits per heavy atom. The topological polar surface area (TPSA) is 80.4 Å². The minimum Gasteiger partial charge on any atom is -0.476 e. The quantitative estimate of drug-likeness (QED) is 0.788. The van der Waals surface area contributed by atoms with Gasteiger partial charge < -0.3 is 5.11 Å². The Kier molecular flexibility index (Phi) is 3.01. The number of hydrogen-bond acceptors (Lipinski definition) is 4. The number of carboxylic acids is 1. The predicted molar refractivity (Wildman–Crippen MR) is 84.1 cm³/mol. The summed E-state index contributed by atoms with van der Waals surface area (Å²) in [5, 5.41) is 9.32. The molecule has 0 atom stereocenters. The van der Waals surface area contributed by atoms with Crippen LogP contribution >= 0.6 is 0 Å². The van der Waals surface area contributed by atoms with Crippen molar-refractivity contribution in [3.8, 4) is 5.69 Å². The van der Waals surface area contributed by atoms with Gasteiger partial charge in [-0.3, -0.25) is 14.5 Å². The molecule has 23 heavy (non-hydrogen) atoms. The van der Waals surface area contributed by atoms with Gasteiger partial charge >= 0.3 is 5.97 Å². The van der Waals surface area contributed by atoms with Gasteiger partial charge in [0, 0.05) is 11.8 Å². The minimum absolute atomic E-state index is 0.0332. The Morgan fingerprint density at radius 2 is 1.91 bits per heavy atom. The fraction of sp³-hybridized carbons (Fsp3) is 0.0588. The van der Waals surface area contributed by atoms with Crippen LogP contribution in [0.1, 0.15) is 27.4 Å². The Balaban J connectivity index is 1.97. The highest BCUT2D eigenvalue weighted by Gasteiger charge is 2.24. The monoisotopic (exact) mass is 304 g/mol. The molecule has 1 aliphatic rings. The zero-order valence-electron chi connectivity index (χ0n) is 12.0. The Bertz CT molecular complexity index is 929. The fourth-order valence-electron chi connectivity index (χ4n) is 2.76. The number of carbonyl (C=O) groups is 1. The third-order valence-electron chi connectivity index (χ3n) is 3.78. The van der Waals surface area contributed by atoms with Gasteiger partial charge in [0.15, 0.2) is 5.69 Å². The number of aliphatic imine (C=N–C) groups is 1. The molecule has 0 spiro atoms. The molecule has 1 aliphatic heterocycles. The highest BCUT2D eigenvalue weighted by atomic mass is 16.4. The molecule has 1 N–H and O–H groups in total. The van der Waals surface area contributed by atoms with Gasteiger partial charge in [-0.15, -0.1) is 0 Å². The molecular formula is C17H12N4O2. The number of para-hydroxylation sites is 1. The maximum atomic E-state index is 11.4. The van der Waals surface area contributed by atoms with Gasteiger partial charge in [0.25, 0.3) is 0 Å². The third kappa shape index (κ3) is 2.12. The van der Waals surface area contributed by atoms with Gasteiger partial charge in [0.05, 0.1) is 29.3 Å². The van der Waals surface area contributed by atoms with Crippen molar-refractivity contribution < 1.29 is 9.90 Å². The number of nitrogens with zero attached hydrogens (tertiary/aromatic N) is 4. The van der Waals surface area contributed by atoms with E-state index in [2.05, 4.69) is 15.0 Å². The van der Waals surface area contributed by atoms with Crippen molar-refractivity contribution in [2.75, 3.05) is 0 Å². The maximum Gasteiger partial charge on any atom is 0.356 e. The van der Waals surface area contributed by atoms with Crippen LogP contribution < -0.4 is 0 Å². The number of benzene rings is 1. The van der Waals surface area contributed by atoms with Crippen LogP contribution in [0.3, 0.4) is 0 Å². The van der Waals surface area contributed by atoms with Gasteiger partial charge in [0.1, 0.15) is 6.33 Å². The lowest BCUT2D eigenvalue weighted by Gasteiger charge is -2.10. The second kappa shape index (κ2) is 5.17. The molecule has 0 amide bonds. The van der Waals surface area contributed by atoms with E-state index in [1.807, 2.05) is 42.5 Å². The summed E-state index contributed by atoms with van der Waals surface area (Å²) >= 11 is 0. The van der Waals surface area contributed by atoms with E-state index < -0.39 is 5.97 Å². The van der Waals surface area contributed by atoms with Crippen molar-refractivity contribution in [1.29, 1.82) is 0 Å². The number of hydrogen-bond donors (Lipinski definition) is 1. The van der Waals surface area contributed by atoms with Crippen molar-refractivity contribution in [3.63, 3.8) is 0 Å². The molecule has 0 unspecified atom stereocenters. The molecule has 0 saturated heterocycles. The largest absolute Gasteiger partial charge is 0.476 e. The lowest BCUT2D eigenvalue weighted by Crippen LogP contribution is -2.08. The second-order valence-corrected chi connectivity index (χ2v) is 5.11. The first-order valence-corrected chi connectivity index (χ1v) is 7.11. The van der Waals surface area contributed by atoms with Gasteiger partial charge in [-0.1, -0.05) is 24.3 Å². The van der Waals surface area contributed by atoms with Gasteiger partial charge in [-0.25, -0.2) is 9.78 Å². The van der Waals surface area contributed by atoms with Crippen LogP contribution in [0.4, 0.5) is 0 Å². The highest BCUT2D eigenvalue weighted by Crippen LogP contribution is 2.25. The zero-order chi connectivity index (χ0) is 15.8. The van der Waals surface area contributed by atoms with Crippen molar-refractivity contribution in [3.05, 3.63) is 77.6 Å². The molecule has 2 aromatic heterocycles. The third-order valence-corrected chi connectivity index (χ3v) is 3.78. The average Bonchev–Trinajstić information content (AvgIpc) is 2.94. The van der Waals surface area contributed by atoms with Gasteiger partial charge in [-0.2, -0.15) is 0 Å². The molecule has 0 fully saturated rings. The molecule has 112 valence electrons. The minimum atomic E-state index is -1.05. The molecule has 6 heteroatoms. The number of imidazole rings is 1. The summed E-state index contributed by atoms with van der Waals surface area (Å²) in [6.45, 7) is 0.238. The van der Waals surface area contributed by atoms with Crippen LogP contribution in [-0.2, 0) is 6.54 Å². The smallest absolute Gasteiger partial charge is 0.356 e. The fourth-order valence-corrected chi connectivity index (χ4v) is 2.76. The zero-order valence-corrected chi connectivity index (χ0v) is 12.0. The Hall–Kier alpha value is -3.28. The molecular weight excluding hydrogens is 292 g/mol. The molecule has 3 heterocycles. The van der Waals surface area contributed by atoms with Gasteiger partial charge in [0.2, 0.25) is 0 Å². The molecule has 0 aliphatic carbocycles. The van der Waals surface area contributed by atoms with E-state index in [9.17, 15) is 9.90 Å². The maximum absolute atomic E-state index is 11.4. The summed E-state index contributed by atoms with van der Waals surface area (Å²) in [6, 6.07) is 13.4. The van der Waals surface area contributed by atoms with E-state index in [4.69, 9.17) is 0 Å². The second-order valence-electron chi connectivity index (χ2n) is 5.11. The Morgan fingerprint density at radius 3 is 2.70 bits per heavy atom. The molecule has 0 radical (unpaired) electrons. The molecule has 0 saturated carbocycles. The van der Waals surface area contributed by atoms with Crippen LogP contribution in [0.5, 0.6) is 0 Å². The molecule has 0 bridgehead atoms. The van der Waals surface area contributed by atoms with Crippen LogP contribution in [0.15, 0.2) is 60.0 Å². The van der Waals surface area contributed by atoms with Crippen molar-refractivity contribution >= 4 is 11.7 Å². The van der Waals surface area contributed by atoms with Crippen LogP contribution in [0.2, 0.25) is 0 Å². The first-order valence-electron chi connectivity index (χ1n) is 7.11. The summed E-state index contributed by atoms with van der Waals surface area (Å²) in [5.74, 6) is -1.05. The summed E-state index contributed by atoms with van der Waals surface area (Å²) < 4.78 is 1.79. The van der Waals surface area contributed by atoms with Crippen LogP contribution in [0.25, 0.3) is 5.69 Å². The highest BCUT2D eigenvalue weighted by molar-refractivity contribution is 6.14. The molecule has 4 rings (SSSR count). The summed E-state index contributed by atoms with van der Waals surface area (Å²) in [5.41, 5.74) is 3.86. The van der Waals surface area contributed by atoms with E-state index in [0.29, 0.717) is 5.69 Å². The standard InChI is InChI=1S/C17H12N4O2/c22-17(23)16-14-9-19-15(12-6-3-4-8-18-12)11-5-1-2-7-13(11)21(14)10-20-16/h1-8,10H,9H2,(H,22,23). The Labute approximate surface area is 131 Å². The SMILES string of the molecule is O=C(O)c1ncn2c1CN=C(c1ccccn1)c1ccccc1-2. The van der Waals surface area contributed by atoms with Gasteiger partial charge in [-0.05, 0) is 18.2 Å². The summed E-state index contributed by atoms with van der Waals surface area (Å²) in [7, 11) is 0. The van der Waals surface area contributed by atoms with E-state index in [-0.39, 0.29) is 12.2 Å². The number of pyridine rings is 1. The van der Waals surface area contributed by atoms with E-state index in [0.717, 1.165) is 22.7 Å². The van der Waals surface area contributed by atoms with Crippen LogP contribution in [0, 0.1) is 0 Å². The molecule has 1 aromatic carbocycles. The van der Waals surface area contributed by atoms with E-state index in [1.54, 1.807) is 10.8 Å². The number of carboxylic acid groups (broad SMARTS) is 1. The number of fused-ring (bicyclic) bond motifs is 3. The van der Waals surface area contributed by atoms with Crippen molar-refractivity contribution in [2.24, 2.45) is 4.99 Å². The number of aromatic carboxylic acids is 1. The normalized spacial score (nSPS) is 12.8. The summed E-state index contributed by atoms with van der Waals surface area (Å²) in [4.78, 5) is 24.4. The predicted octanol–water partition coefficient (Wildman–Crippen LogP) is 2.32. The first-order chi connectivity index (χ1) is 11.3. The average molecular weight is 304 g/mol. The number of rotatable bonds is 2. The van der Waals surface area contributed by atoms with Crippen LogP contribution in [-0.4, -0.2) is 31.3 Å². The lowest BCUT2D eigenvalue weighted by atomic mass is 10.0. The van der Waals surface area contributed by atoms with E-state index >= 15 is 0 Å².